The molecule has 1 heterocycles. The fraction of sp³-hybridized carbons (Fsp3) is 0.867. The van der Waals surface area contributed by atoms with Gasteiger partial charge in [-0.1, -0.05) is 20.8 Å². The molecule has 5 nitrogen and oxygen atoms in total. The molecule has 1 aliphatic rings. The SMILES string of the molecule is CC(CCC(C)(C)C)NC(=O)N1C[C@@H](C(F)(F)F)[C@H](C(=O)O)C1. The topological polar surface area (TPSA) is 69.6 Å². The lowest BCUT2D eigenvalue weighted by Crippen LogP contribution is -2.43. The molecule has 0 saturated carbocycles. The summed E-state index contributed by atoms with van der Waals surface area (Å²) in [5.41, 5.74) is 0.0996. The Balaban J connectivity index is 2.62. The van der Waals surface area contributed by atoms with Crippen LogP contribution in [-0.2, 0) is 4.79 Å². The van der Waals surface area contributed by atoms with Crippen molar-refractivity contribution in [3.63, 3.8) is 0 Å². The van der Waals surface area contributed by atoms with Crippen LogP contribution >= 0.6 is 0 Å². The number of hydrogen-bond acceptors (Lipinski definition) is 2. The van der Waals surface area contributed by atoms with E-state index in [9.17, 15) is 22.8 Å². The largest absolute Gasteiger partial charge is 0.481 e. The molecule has 1 unspecified atom stereocenters. The highest BCUT2D eigenvalue weighted by molar-refractivity contribution is 5.78. The molecule has 2 amide bonds. The lowest BCUT2D eigenvalue weighted by atomic mass is 9.89. The van der Waals surface area contributed by atoms with Crippen LogP contribution in [0.5, 0.6) is 0 Å². The van der Waals surface area contributed by atoms with Crippen LogP contribution in [0.25, 0.3) is 0 Å². The monoisotopic (exact) mass is 338 g/mol. The zero-order chi connectivity index (χ0) is 18.0. The molecular weight excluding hydrogens is 313 g/mol. The van der Waals surface area contributed by atoms with Crippen LogP contribution in [0.1, 0.15) is 40.5 Å². The van der Waals surface area contributed by atoms with Crippen molar-refractivity contribution in [1.82, 2.24) is 10.2 Å². The van der Waals surface area contributed by atoms with Crippen molar-refractivity contribution in [2.24, 2.45) is 17.3 Å². The lowest BCUT2D eigenvalue weighted by molar-refractivity contribution is -0.187. The molecule has 1 saturated heterocycles. The number of likely N-dealkylation sites (tertiary alicyclic amines) is 1. The number of carboxylic acid groups (broad SMARTS) is 1. The number of alkyl halides is 3. The Bertz CT molecular complexity index is 446. The Labute approximate surface area is 134 Å². The maximum absolute atomic E-state index is 12.9. The normalized spacial score (nSPS) is 23.7. The molecule has 0 spiro atoms. The van der Waals surface area contributed by atoms with Crippen molar-refractivity contribution in [1.29, 1.82) is 0 Å². The summed E-state index contributed by atoms with van der Waals surface area (Å²) in [5.74, 6) is -5.15. The minimum absolute atomic E-state index is 0.0996. The van der Waals surface area contributed by atoms with Gasteiger partial charge in [0.15, 0.2) is 0 Å². The van der Waals surface area contributed by atoms with Crippen LogP contribution in [-0.4, -0.2) is 47.3 Å². The van der Waals surface area contributed by atoms with E-state index in [1.165, 1.54) is 0 Å². The minimum atomic E-state index is -4.63. The van der Waals surface area contributed by atoms with E-state index in [0.717, 1.165) is 11.3 Å². The Kier molecular flexibility index (Phi) is 5.93. The van der Waals surface area contributed by atoms with Gasteiger partial charge in [0.1, 0.15) is 0 Å². The number of carbonyl (C=O) groups is 2. The maximum Gasteiger partial charge on any atom is 0.394 e. The molecule has 1 aliphatic heterocycles. The van der Waals surface area contributed by atoms with Gasteiger partial charge in [-0.05, 0) is 25.2 Å². The molecule has 2 N–H and O–H groups in total. The van der Waals surface area contributed by atoms with Crippen molar-refractivity contribution < 1.29 is 27.9 Å². The maximum atomic E-state index is 12.9. The van der Waals surface area contributed by atoms with Crippen molar-refractivity contribution in [2.45, 2.75) is 52.8 Å². The third kappa shape index (κ3) is 5.91. The van der Waals surface area contributed by atoms with E-state index in [1.54, 1.807) is 6.92 Å². The zero-order valence-electron chi connectivity index (χ0n) is 13.9. The highest BCUT2D eigenvalue weighted by atomic mass is 19.4. The first-order valence-corrected chi connectivity index (χ1v) is 7.66. The molecule has 1 fully saturated rings. The van der Waals surface area contributed by atoms with Gasteiger partial charge in [0, 0.05) is 19.1 Å². The summed E-state index contributed by atoms with van der Waals surface area (Å²) in [5, 5.41) is 11.6. The van der Waals surface area contributed by atoms with Crippen molar-refractivity contribution in [3.05, 3.63) is 0 Å². The minimum Gasteiger partial charge on any atom is -0.481 e. The van der Waals surface area contributed by atoms with E-state index in [2.05, 4.69) is 26.1 Å². The number of carbonyl (C=O) groups excluding carboxylic acids is 1. The number of amides is 2. The molecule has 1 rings (SSSR count). The fourth-order valence-corrected chi connectivity index (χ4v) is 2.58. The number of rotatable bonds is 4. The number of nitrogens with zero attached hydrogens (tertiary/aromatic N) is 1. The van der Waals surface area contributed by atoms with Gasteiger partial charge in [-0.15, -0.1) is 0 Å². The highest BCUT2D eigenvalue weighted by Gasteiger charge is 2.53. The van der Waals surface area contributed by atoms with Gasteiger partial charge < -0.3 is 15.3 Å². The number of urea groups is 1. The summed E-state index contributed by atoms with van der Waals surface area (Å²) >= 11 is 0. The first-order valence-electron chi connectivity index (χ1n) is 7.66. The second-order valence-electron chi connectivity index (χ2n) is 7.45. The summed E-state index contributed by atoms with van der Waals surface area (Å²) in [6.07, 6.45) is -3.07. The van der Waals surface area contributed by atoms with Gasteiger partial charge >= 0.3 is 18.2 Å². The molecule has 134 valence electrons. The quantitative estimate of drug-likeness (QED) is 0.827. The summed E-state index contributed by atoms with van der Waals surface area (Å²) in [7, 11) is 0. The van der Waals surface area contributed by atoms with Gasteiger partial charge in [0.05, 0.1) is 11.8 Å². The molecule has 3 atom stereocenters. The smallest absolute Gasteiger partial charge is 0.394 e. The molecule has 0 aromatic heterocycles. The number of aliphatic carboxylic acids is 1. The van der Waals surface area contributed by atoms with E-state index < -0.39 is 43.1 Å². The molecule has 0 bridgehead atoms. The van der Waals surface area contributed by atoms with E-state index >= 15 is 0 Å². The van der Waals surface area contributed by atoms with Gasteiger partial charge in [0.25, 0.3) is 0 Å². The van der Waals surface area contributed by atoms with Crippen molar-refractivity contribution >= 4 is 12.0 Å². The Hall–Kier alpha value is -1.47. The number of hydrogen-bond donors (Lipinski definition) is 2. The Morgan fingerprint density at radius 2 is 1.83 bits per heavy atom. The number of nitrogens with one attached hydrogen (secondary N) is 1. The molecule has 8 heteroatoms. The highest BCUT2D eigenvalue weighted by Crippen LogP contribution is 2.37. The van der Waals surface area contributed by atoms with Gasteiger partial charge in [0.2, 0.25) is 0 Å². The number of carboxylic acids is 1. The average Bonchev–Trinajstić information content (AvgIpc) is 2.80. The van der Waals surface area contributed by atoms with Gasteiger partial charge in [-0.3, -0.25) is 4.79 Å². The van der Waals surface area contributed by atoms with Crippen molar-refractivity contribution in [2.75, 3.05) is 13.1 Å². The van der Waals surface area contributed by atoms with Crippen LogP contribution in [0.4, 0.5) is 18.0 Å². The van der Waals surface area contributed by atoms with Crippen molar-refractivity contribution in [3.8, 4) is 0 Å². The van der Waals surface area contributed by atoms with Crippen LogP contribution in [0, 0.1) is 17.3 Å². The standard InChI is InChI=1S/C15H25F3N2O3/c1-9(5-6-14(2,3)4)19-13(23)20-7-10(12(21)22)11(8-20)15(16,17)18/h9-11H,5-8H2,1-4H3,(H,19,23)(H,21,22)/t9?,10-,11-/m1/s1. The third-order valence-corrected chi connectivity index (χ3v) is 4.04. The second-order valence-corrected chi connectivity index (χ2v) is 7.45. The Morgan fingerprint density at radius 1 is 1.26 bits per heavy atom. The molecule has 0 radical (unpaired) electrons. The molecule has 0 aromatic rings. The summed E-state index contributed by atoms with van der Waals surface area (Å²) < 4.78 is 38.7. The van der Waals surface area contributed by atoms with Crippen LogP contribution in [0.15, 0.2) is 0 Å². The fourth-order valence-electron chi connectivity index (χ4n) is 2.58. The van der Waals surface area contributed by atoms with E-state index in [0.29, 0.717) is 6.42 Å². The predicted octanol–water partition coefficient (Wildman–Crippen LogP) is 3.11. The van der Waals surface area contributed by atoms with E-state index in [1.807, 2.05) is 0 Å². The molecule has 0 aliphatic carbocycles. The van der Waals surface area contributed by atoms with Crippen LogP contribution < -0.4 is 5.32 Å². The number of halogens is 3. The first-order chi connectivity index (χ1) is 10.3. The zero-order valence-corrected chi connectivity index (χ0v) is 13.9. The average molecular weight is 338 g/mol. The predicted molar refractivity (Wildman–Crippen MR) is 78.9 cm³/mol. The summed E-state index contributed by atoms with van der Waals surface area (Å²) in [6.45, 7) is 6.94. The summed E-state index contributed by atoms with van der Waals surface area (Å²) in [6, 6.07) is -0.820. The van der Waals surface area contributed by atoms with Crippen LogP contribution in [0.3, 0.4) is 0 Å². The van der Waals surface area contributed by atoms with Crippen LogP contribution in [0.2, 0.25) is 0 Å². The van der Waals surface area contributed by atoms with E-state index in [4.69, 9.17) is 5.11 Å². The van der Waals surface area contributed by atoms with E-state index in [-0.39, 0.29) is 11.5 Å². The molecule has 23 heavy (non-hydrogen) atoms. The Morgan fingerprint density at radius 3 is 2.22 bits per heavy atom. The third-order valence-electron chi connectivity index (χ3n) is 4.04. The second kappa shape index (κ2) is 6.97. The molecular formula is C15H25F3N2O3. The molecule has 0 aromatic carbocycles. The van der Waals surface area contributed by atoms with Gasteiger partial charge in [-0.2, -0.15) is 13.2 Å². The lowest BCUT2D eigenvalue weighted by Gasteiger charge is -2.24. The summed E-state index contributed by atoms with van der Waals surface area (Å²) in [4.78, 5) is 24.0. The van der Waals surface area contributed by atoms with Gasteiger partial charge in [-0.25, -0.2) is 4.79 Å². The first kappa shape index (κ1) is 19.6.